The molecule has 1 aromatic heterocycles. The Kier molecular flexibility index (Phi) is 3.75. The van der Waals surface area contributed by atoms with E-state index >= 15 is 0 Å². The normalized spacial score (nSPS) is 28.2. The molecule has 0 bridgehead atoms. The van der Waals surface area contributed by atoms with E-state index in [1.54, 1.807) is 21.1 Å². The van der Waals surface area contributed by atoms with E-state index in [9.17, 15) is 4.79 Å². The molecule has 0 radical (unpaired) electrons. The Morgan fingerprint density at radius 3 is 2.58 bits per heavy atom. The average molecular weight is 345 g/mol. The van der Waals surface area contributed by atoms with Gasteiger partial charge in [0.15, 0.2) is 0 Å². The van der Waals surface area contributed by atoms with Crippen molar-refractivity contribution in [3.63, 3.8) is 0 Å². The number of amides is 2. The Hall–Kier alpha value is -0.690. The van der Waals surface area contributed by atoms with Crippen molar-refractivity contribution in [2.24, 2.45) is 0 Å². The third-order valence-corrected chi connectivity index (χ3v) is 5.91. The van der Waals surface area contributed by atoms with Gasteiger partial charge in [0.25, 0.3) is 0 Å². The van der Waals surface area contributed by atoms with Crippen LogP contribution in [0.5, 0.6) is 0 Å². The van der Waals surface area contributed by atoms with Crippen molar-refractivity contribution in [1.82, 2.24) is 15.1 Å². The SMILES string of the molecule is CN1CCN(c2nnc(C3CCC(Br)CC3)s2)C1=O. The molecule has 1 aliphatic heterocycles. The van der Waals surface area contributed by atoms with Gasteiger partial charge in [-0.3, -0.25) is 4.90 Å². The van der Waals surface area contributed by atoms with Gasteiger partial charge in [-0.15, -0.1) is 10.2 Å². The highest BCUT2D eigenvalue weighted by atomic mass is 79.9. The summed E-state index contributed by atoms with van der Waals surface area (Å²) in [5.74, 6) is 0.524. The second-order valence-electron chi connectivity index (χ2n) is 5.23. The Labute approximate surface area is 125 Å². The summed E-state index contributed by atoms with van der Waals surface area (Å²) in [6, 6.07) is 0.0341. The van der Waals surface area contributed by atoms with Crippen LogP contribution in [0.15, 0.2) is 0 Å². The van der Waals surface area contributed by atoms with Crippen LogP contribution < -0.4 is 4.90 Å². The van der Waals surface area contributed by atoms with E-state index in [0.29, 0.717) is 10.7 Å². The van der Waals surface area contributed by atoms with E-state index in [2.05, 4.69) is 26.1 Å². The first-order valence-corrected chi connectivity index (χ1v) is 8.38. The monoisotopic (exact) mass is 344 g/mol. The molecule has 1 saturated carbocycles. The number of rotatable bonds is 2. The Morgan fingerprint density at radius 1 is 1.21 bits per heavy atom. The van der Waals surface area contributed by atoms with Gasteiger partial charge in [-0.05, 0) is 25.7 Å². The first-order valence-electron chi connectivity index (χ1n) is 6.65. The van der Waals surface area contributed by atoms with Crippen molar-refractivity contribution < 1.29 is 4.79 Å². The zero-order valence-electron chi connectivity index (χ0n) is 10.9. The minimum atomic E-state index is 0.0341. The van der Waals surface area contributed by atoms with Crippen molar-refractivity contribution in [3.8, 4) is 0 Å². The van der Waals surface area contributed by atoms with E-state index in [4.69, 9.17) is 0 Å². The molecule has 0 unspecified atom stereocenters. The molecule has 19 heavy (non-hydrogen) atoms. The Bertz CT molecular complexity index is 472. The Balaban J connectivity index is 1.71. The van der Waals surface area contributed by atoms with Gasteiger partial charge in [0.05, 0.1) is 0 Å². The number of urea groups is 1. The Morgan fingerprint density at radius 2 is 1.95 bits per heavy atom. The number of alkyl halides is 1. The van der Waals surface area contributed by atoms with Crippen LogP contribution in [-0.4, -0.2) is 46.1 Å². The lowest BCUT2D eigenvalue weighted by atomic mass is 9.90. The molecule has 0 N–H and O–H groups in total. The molecule has 5 nitrogen and oxygen atoms in total. The fourth-order valence-corrected chi connectivity index (χ4v) is 4.19. The van der Waals surface area contributed by atoms with Crippen molar-refractivity contribution >= 4 is 38.4 Å². The third kappa shape index (κ3) is 2.63. The number of likely N-dealkylation sites (N-methyl/N-ethyl adjacent to an activating group) is 1. The maximum absolute atomic E-state index is 11.9. The maximum Gasteiger partial charge on any atom is 0.326 e. The lowest BCUT2D eigenvalue weighted by molar-refractivity contribution is 0.229. The summed E-state index contributed by atoms with van der Waals surface area (Å²) in [5, 5.41) is 10.4. The molecule has 1 saturated heterocycles. The van der Waals surface area contributed by atoms with Crippen LogP contribution in [0.25, 0.3) is 0 Å². The highest BCUT2D eigenvalue weighted by Gasteiger charge is 2.31. The lowest BCUT2D eigenvalue weighted by Gasteiger charge is -2.22. The van der Waals surface area contributed by atoms with Gasteiger partial charge in [-0.2, -0.15) is 0 Å². The van der Waals surface area contributed by atoms with Crippen LogP contribution in [0.2, 0.25) is 0 Å². The zero-order valence-corrected chi connectivity index (χ0v) is 13.3. The fourth-order valence-electron chi connectivity index (χ4n) is 2.62. The summed E-state index contributed by atoms with van der Waals surface area (Å²) in [6.45, 7) is 1.49. The topological polar surface area (TPSA) is 49.3 Å². The van der Waals surface area contributed by atoms with Crippen LogP contribution in [0, 0.1) is 0 Å². The van der Waals surface area contributed by atoms with Gasteiger partial charge in [-0.25, -0.2) is 4.79 Å². The van der Waals surface area contributed by atoms with E-state index in [0.717, 1.165) is 23.2 Å². The molecule has 7 heteroatoms. The highest BCUT2D eigenvalue weighted by molar-refractivity contribution is 9.09. The van der Waals surface area contributed by atoms with Crippen molar-refractivity contribution in [2.45, 2.75) is 36.4 Å². The van der Waals surface area contributed by atoms with Gasteiger partial charge >= 0.3 is 6.03 Å². The second kappa shape index (κ2) is 5.36. The van der Waals surface area contributed by atoms with Crippen LogP contribution in [-0.2, 0) is 0 Å². The number of halogens is 1. The molecule has 2 fully saturated rings. The zero-order chi connectivity index (χ0) is 13.4. The standard InChI is InChI=1S/C12H17BrN4OS/c1-16-6-7-17(12(16)18)11-15-14-10(19-11)8-2-4-9(13)5-3-8/h8-9H,2-7H2,1H3. The van der Waals surface area contributed by atoms with E-state index in [-0.39, 0.29) is 6.03 Å². The fraction of sp³-hybridized carbons (Fsp3) is 0.750. The minimum absolute atomic E-state index is 0.0341. The first kappa shape index (κ1) is 13.3. The highest BCUT2D eigenvalue weighted by Crippen LogP contribution is 2.38. The summed E-state index contributed by atoms with van der Waals surface area (Å²) in [6.07, 6.45) is 4.73. The number of anilines is 1. The van der Waals surface area contributed by atoms with Crippen LogP contribution in [0.1, 0.15) is 36.6 Å². The third-order valence-electron chi connectivity index (χ3n) is 3.88. The summed E-state index contributed by atoms with van der Waals surface area (Å²) in [4.78, 5) is 16.0. The average Bonchev–Trinajstić information content (AvgIpc) is 2.99. The van der Waals surface area contributed by atoms with Gasteiger partial charge in [0.1, 0.15) is 5.01 Å². The predicted molar refractivity (Wildman–Crippen MR) is 79.2 cm³/mol. The molecule has 1 aliphatic carbocycles. The molecule has 2 heterocycles. The van der Waals surface area contributed by atoms with E-state index in [1.807, 2.05) is 7.05 Å². The molecular formula is C12H17BrN4OS. The molecule has 0 aromatic carbocycles. The van der Waals surface area contributed by atoms with Gasteiger partial charge in [-0.1, -0.05) is 27.3 Å². The molecule has 0 atom stereocenters. The number of hydrogen-bond donors (Lipinski definition) is 0. The molecule has 2 amide bonds. The molecule has 2 aliphatic rings. The number of carbonyl (C=O) groups excluding carboxylic acids is 1. The molecular weight excluding hydrogens is 328 g/mol. The summed E-state index contributed by atoms with van der Waals surface area (Å²) in [5.41, 5.74) is 0. The molecule has 0 spiro atoms. The van der Waals surface area contributed by atoms with Crippen molar-refractivity contribution in [1.29, 1.82) is 0 Å². The second-order valence-corrected chi connectivity index (χ2v) is 7.51. The molecule has 3 rings (SSSR count). The number of hydrogen-bond acceptors (Lipinski definition) is 4. The van der Waals surface area contributed by atoms with E-state index in [1.165, 1.54) is 25.7 Å². The number of nitrogens with zero attached hydrogens (tertiary/aromatic N) is 4. The predicted octanol–water partition coefficient (Wildman–Crippen LogP) is 2.83. The summed E-state index contributed by atoms with van der Waals surface area (Å²) < 4.78 is 0. The van der Waals surface area contributed by atoms with Gasteiger partial charge in [0, 0.05) is 30.9 Å². The maximum atomic E-state index is 11.9. The van der Waals surface area contributed by atoms with Crippen LogP contribution >= 0.6 is 27.3 Å². The lowest BCUT2D eigenvalue weighted by Crippen LogP contribution is -2.29. The van der Waals surface area contributed by atoms with Crippen LogP contribution in [0.3, 0.4) is 0 Å². The largest absolute Gasteiger partial charge is 0.326 e. The summed E-state index contributed by atoms with van der Waals surface area (Å²) >= 11 is 5.26. The smallest absolute Gasteiger partial charge is 0.326 e. The van der Waals surface area contributed by atoms with E-state index < -0.39 is 0 Å². The minimum Gasteiger partial charge on any atom is -0.326 e. The first-order chi connectivity index (χ1) is 9.15. The van der Waals surface area contributed by atoms with Gasteiger partial charge < -0.3 is 4.90 Å². The summed E-state index contributed by atoms with van der Waals surface area (Å²) in [7, 11) is 1.82. The number of aromatic nitrogens is 2. The molecule has 104 valence electrons. The van der Waals surface area contributed by atoms with Crippen LogP contribution in [0.4, 0.5) is 9.93 Å². The van der Waals surface area contributed by atoms with Crippen molar-refractivity contribution in [3.05, 3.63) is 5.01 Å². The van der Waals surface area contributed by atoms with Crippen molar-refractivity contribution in [2.75, 3.05) is 25.0 Å². The molecule has 1 aromatic rings. The van der Waals surface area contributed by atoms with Gasteiger partial charge in [0.2, 0.25) is 5.13 Å². The quantitative estimate of drug-likeness (QED) is 0.775. The number of carbonyl (C=O) groups is 1.